The van der Waals surface area contributed by atoms with Crippen LogP contribution in [0.15, 0.2) is 48.5 Å². The normalized spacial score (nSPS) is 25.8. The lowest BCUT2D eigenvalue weighted by atomic mass is 9.31. The van der Waals surface area contributed by atoms with E-state index in [9.17, 15) is 19.1 Å². The molecule has 3 saturated carbocycles. The van der Waals surface area contributed by atoms with E-state index in [0.29, 0.717) is 24.3 Å². The summed E-state index contributed by atoms with van der Waals surface area (Å²) >= 11 is 6.18. The van der Waals surface area contributed by atoms with Crippen molar-refractivity contribution in [1.82, 2.24) is 5.32 Å². The highest BCUT2D eigenvalue weighted by Crippen LogP contribution is 2.75. The third kappa shape index (κ3) is 3.11. The number of ether oxygens (including phenoxy) is 1. The first-order valence-corrected chi connectivity index (χ1v) is 9.37. The van der Waals surface area contributed by atoms with E-state index in [4.69, 9.17) is 16.3 Å². The van der Waals surface area contributed by atoms with Crippen LogP contribution < -0.4 is 5.32 Å². The van der Waals surface area contributed by atoms with Gasteiger partial charge in [0.2, 0.25) is 0 Å². The summed E-state index contributed by atoms with van der Waals surface area (Å²) in [4.78, 5) is 23.9. The van der Waals surface area contributed by atoms with Crippen LogP contribution in [0.4, 0.5) is 9.18 Å². The molecule has 1 amide bonds. The Morgan fingerprint density at radius 3 is 2.46 bits per heavy atom. The molecule has 3 fully saturated rings. The summed E-state index contributed by atoms with van der Waals surface area (Å²) in [6.07, 6.45) is 0.999. The van der Waals surface area contributed by atoms with Crippen molar-refractivity contribution in [3.63, 3.8) is 0 Å². The van der Waals surface area contributed by atoms with Gasteiger partial charge in [-0.25, -0.2) is 14.0 Å². The van der Waals surface area contributed by atoms with Crippen LogP contribution in [0.3, 0.4) is 0 Å². The number of amides is 1. The molecule has 0 radical (unpaired) electrons. The Morgan fingerprint density at radius 1 is 1.18 bits per heavy atom. The molecule has 5 nitrogen and oxygen atoms in total. The van der Waals surface area contributed by atoms with Crippen LogP contribution in [-0.2, 0) is 21.6 Å². The highest BCUT2D eigenvalue weighted by Gasteiger charge is 2.73. The monoisotopic (exact) mass is 403 g/mol. The summed E-state index contributed by atoms with van der Waals surface area (Å²) < 4.78 is 18.5. The van der Waals surface area contributed by atoms with Crippen molar-refractivity contribution in [2.75, 3.05) is 0 Å². The fraction of sp³-hybridized carbons (Fsp3) is 0.333. The van der Waals surface area contributed by atoms with Gasteiger partial charge in [0.15, 0.2) is 0 Å². The molecule has 0 heterocycles. The number of alkyl carbamates (subject to hydrolysis) is 1. The summed E-state index contributed by atoms with van der Waals surface area (Å²) in [7, 11) is 0. The van der Waals surface area contributed by atoms with E-state index < -0.39 is 29.3 Å². The second kappa shape index (κ2) is 6.78. The molecule has 1 atom stereocenters. The number of nitrogens with one attached hydrogen (secondary N) is 1. The summed E-state index contributed by atoms with van der Waals surface area (Å²) in [6.45, 7) is 0.0706. The molecule has 0 aliphatic heterocycles. The molecular weight excluding hydrogens is 385 g/mol. The predicted octanol–water partition coefficient (Wildman–Crippen LogP) is 4.28. The van der Waals surface area contributed by atoms with Gasteiger partial charge in [0, 0.05) is 10.4 Å². The van der Waals surface area contributed by atoms with Crippen molar-refractivity contribution in [3.05, 3.63) is 70.5 Å². The van der Waals surface area contributed by atoms with Crippen LogP contribution in [0.2, 0.25) is 5.02 Å². The summed E-state index contributed by atoms with van der Waals surface area (Å²) in [5.41, 5.74) is 0.914. The number of hydrogen-bond donors (Lipinski definition) is 2. The second-order valence-corrected chi connectivity index (χ2v) is 8.18. The van der Waals surface area contributed by atoms with Crippen LogP contribution in [0, 0.1) is 11.2 Å². The number of carbonyl (C=O) groups excluding carboxylic acids is 1. The third-order valence-corrected chi connectivity index (χ3v) is 6.22. The number of carboxylic acid groups (broad SMARTS) is 1. The van der Waals surface area contributed by atoms with Gasteiger partial charge in [-0.15, -0.1) is 0 Å². The lowest BCUT2D eigenvalue weighted by Gasteiger charge is -2.72. The molecule has 146 valence electrons. The first-order chi connectivity index (χ1) is 13.3. The van der Waals surface area contributed by atoms with Crippen LogP contribution in [0.1, 0.15) is 30.4 Å². The third-order valence-electron chi connectivity index (χ3n) is 5.91. The lowest BCUT2D eigenvalue weighted by molar-refractivity contribution is -0.183. The van der Waals surface area contributed by atoms with Gasteiger partial charge in [-0.3, -0.25) is 0 Å². The first-order valence-electron chi connectivity index (χ1n) is 8.99. The number of benzene rings is 2. The van der Waals surface area contributed by atoms with Crippen molar-refractivity contribution in [1.29, 1.82) is 0 Å². The van der Waals surface area contributed by atoms with E-state index in [1.807, 2.05) is 30.3 Å². The molecular formula is C21H19ClFNO4. The van der Waals surface area contributed by atoms with E-state index in [2.05, 4.69) is 5.32 Å². The number of carboxylic acids is 1. The van der Waals surface area contributed by atoms with E-state index in [-0.39, 0.29) is 12.0 Å². The van der Waals surface area contributed by atoms with Crippen LogP contribution >= 0.6 is 11.6 Å². The Hall–Kier alpha value is -2.60. The molecule has 0 saturated heterocycles. The fourth-order valence-electron chi connectivity index (χ4n) is 4.74. The molecule has 2 N–H and O–H groups in total. The summed E-state index contributed by atoms with van der Waals surface area (Å²) in [6, 6.07) is 12.4. The van der Waals surface area contributed by atoms with Crippen molar-refractivity contribution in [2.24, 2.45) is 5.41 Å². The van der Waals surface area contributed by atoms with Gasteiger partial charge in [-0.2, -0.15) is 0 Å². The summed E-state index contributed by atoms with van der Waals surface area (Å²) in [5.74, 6) is -1.49. The number of carbonyl (C=O) groups is 2. The van der Waals surface area contributed by atoms with Crippen molar-refractivity contribution >= 4 is 23.7 Å². The maximum Gasteiger partial charge on any atom is 0.408 e. The average molecular weight is 404 g/mol. The molecule has 1 unspecified atom stereocenters. The van der Waals surface area contributed by atoms with Gasteiger partial charge in [0.1, 0.15) is 18.5 Å². The van der Waals surface area contributed by atoms with E-state index in [0.717, 1.165) is 11.1 Å². The number of hydrogen-bond acceptors (Lipinski definition) is 3. The Labute approximate surface area is 166 Å². The minimum absolute atomic E-state index is 0.0706. The predicted molar refractivity (Wildman–Crippen MR) is 101 cm³/mol. The number of aliphatic carboxylic acids is 1. The van der Waals surface area contributed by atoms with Gasteiger partial charge < -0.3 is 15.2 Å². The topological polar surface area (TPSA) is 75.6 Å². The molecule has 3 aliphatic carbocycles. The second-order valence-electron chi connectivity index (χ2n) is 7.77. The van der Waals surface area contributed by atoms with Gasteiger partial charge >= 0.3 is 12.1 Å². The molecule has 0 spiro atoms. The molecule has 2 bridgehead atoms. The molecule has 7 heteroatoms. The zero-order chi connectivity index (χ0) is 19.9. The minimum atomic E-state index is -1.09. The molecule has 2 aromatic carbocycles. The minimum Gasteiger partial charge on any atom is -0.480 e. The molecule has 2 aromatic rings. The molecule has 28 heavy (non-hydrogen) atoms. The smallest absolute Gasteiger partial charge is 0.408 e. The molecule has 3 aliphatic rings. The maximum absolute atomic E-state index is 13.3. The van der Waals surface area contributed by atoms with Gasteiger partial charge in [-0.1, -0.05) is 48.0 Å². The Bertz CT molecular complexity index is 913. The highest BCUT2D eigenvalue weighted by atomic mass is 35.5. The van der Waals surface area contributed by atoms with Crippen LogP contribution in [0.25, 0.3) is 0 Å². The quantitative estimate of drug-likeness (QED) is 0.754. The van der Waals surface area contributed by atoms with E-state index >= 15 is 0 Å². The number of halogens is 2. The average Bonchev–Trinajstić information content (AvgIpc) is 2.59. The van der Waals surface area contributed by atoms with Gasteiger partial charge in [-0.05, 0) is 47.9 Å². The van der Waals surface area contributed by atoms with Crippen molar-refractivity contribution in [3.8, 4) is 0 Å². The summed E-state index contributed by atoms with van der Waals surface area (Å²) in [5, 5.41) is 12.5. The molecule has 5 rings (SSSR count). The first kappa shape index (κ1) is 18.7. The van der Waals surface area contributed by atoms with Gasteiger partial charge in [0.05, 0.1) is 0 Å². The standard InChI is InChI=1S/C21H19ClFNO4/c22-16-8-14(23)6-7-15(16)20-10-21(11-20,12-20)17(18(25)26)24-19(27)28-9-13-4-2-1-3-5-13/h1-8,17H,9-12H2,(H,24,27)(H,25,26). The number of rotatable bonds is 6. The maximum atomic E-state index is 13.3. The van der Waals surface area contributed by atoms with Crippen LogP contribution in [-0.4, -0.2) is 23.2 Å². The molecule has 0 aromatic heterocycles. The van der Waals surface area contributed by atoms with Crippen molar-refractivity contribution < 1.29 is 23.8 Å². The zero-order valence-electron chi connectivity index (χ0n) is 15.0. The van der Waals surface area contributed by atoms with Gasteiger partial charge in [0.25, 0.3) is 0 Å². The largest absolute Gasteiger partial charge is 0.480 e. The highest BCUT2D eigenvalue weighted by molar-refractivity contribution is 6.31. The SMILES string of the molecule is O=C(NC(C(=O)O)C12CC(c3ccc(F)cc3Cl)(C1)C2)OCc1ccccc1. The van der Waals surface area contributed by atoms with E-state index in [1.54, 1.807) is 6.07 Å². The van der Waals surface area contributed by atoms with Crippen LogP contribution in [0.5, 0.6) is 0 Å². The zero-order valence-corrected chi connectivity index (χ0v) is 15.7. The Balaban J connectivity index is 1.39. The lowest BCUT2D eigenvalue weighted by Crippen LogP contribution is -2.73. The fourth-order valence-corrected chi connectivity index (χ4v) is 5.10. The van der Waals surface area contributed by atoms with E-state index in [1.165, 1.54) is 12.1 Å². The Kier molecular flexibility index (Phi) is 4.54. The van der Waals surface area contributed by atoms with Crippen molar-refractivity contribution in [2.45, 2.75) is 37.3 Å². The Morgan fingerprint density at radius 2 is 1.86 bits per heavy atom.